The summed E-state index contributed by atoms with van der Waals surface area (Å²) in [5, 5.41) is 17.2. The molecule has 1 heterocycles. The number of rotatable bonds is 2. The van der Waals surface area contributed by atoms with Crippen molar-refractivity contribution in [2.24, 2.45) is 7.05 Å². The van der Waals surface area contributed by atoms with Crippen molar-refractivity contribution in [3.05, 3.63) is 11.4 Å². The Morgan fingerprint density at radius 2 is 2.00 bits per heavy atom. The Morgan fingerprint density at radius 1 is 1.38 bits per heavy atom. The number of alkyl halides is 3. The van der Waals surface area contributed by atoms with Gasteiger partial charge in [-0.15, -0.1) is 0 Å². The molecule has 0 amide bonds. The number of nitriles is 2. The number of imidazole rings is 1. The third kappa shape index (κ3) is 2.42. The summed E-state index contributed by atoms with van der Waals surface area (Å²) in [7, 11) is 1.29. The number of hydrogen-bond acceptors (Lipinski definition) is 4. The van der Waals surface area contributed by atoms with Crippen molar-refractivity contribution >= 4 is 0 Å². The predicted octanol–water partition coefficient (Wildman–Crippen LogP) is 1.10. The molecule has 0 aromatic carbocycles. The standard InChI is InChI=1S/C8H5F3N4O/c1-15-6(3-13)5(2-12)14-7(15)16-4-8(9,10)11/h4H2,1H3. The molecule has 0 spiro atoms. The van der Waals surface area contributed by atoms with E-state index in [2.05, 4.69) is 9.72 Å². The van der Waals surface area contributed by atoms with Crippen LogP contribution >= 0.6 is 0 Å². The van der Waals surface area contributed by atoms with Gasteiger partial charge in [0.05, 0.1) is 0 Å². The van der Waals surface area contributed by atoms with E-state index in [4.69, 9.17) is 10.5 Å². The Kier molecular flexibility index (Phi) is 3.04. The molecule has 0 fully saturated rings. The SMILES string of the molecule is Cn1c(OCC(F)(F)F)nc(C#N)c1C#N. The second kappa shape index (κ2) is 4.11. The van der Waals surface area contributed by atoms with Crippen molar-refractivity contribution < 1.29 is 17.9 Å². The summed E-state index contributed by atoms with van der Waals surface area (Å²) in [5.74, 6) is 0. The Bertz CT molecular complexity index is 477. The molecule has 0 atom stereocenters. The normalized spacial score (nSPS) is 10.6. The maximum atomic E-state index is 11.9. The molecule has 0 aliphatic heterocycles. The zero-order valence-electron chi connectivity index (χ0n) is 8.04. The molecule has 0 bridgehead atoms. The fraction of sp³-hybridized carbons (Fsp3) is 0.375. The van der Waals surface area contributed by atoms with E-state index in [-0.39, 0.29) is 11.4 Å². The van der Waals surface area contributed by atoms with Gasteiger partial charge in [0.25, 0.3) is 6.01 Å². The maximum absolute atomic E-state index is 11.9. The highest BCUT2D eigenvalue weighted by Gasteiger charge is 2.29. The first kappa shape index (κ1) is 11.9. The van der Waals surface area contributed by atoms with Crippen molar-refractivity contribution in [2.45, 2.75) is 6.18 Å². The van der Waals surface area contributed by atoms with E-state index < -0.39 is 18.8 Å². The van der Waals surface area contributed by atoms with Gasteiger partial charge in [-0.1, -0.05) is 0 Å². The highest BCUT2D eigenvalue weighted by molar-refractivity contribution is 5.39. The van der Waals surface area contributed by atoms with E-state index >= 15 is 0 Å². The van der Waals surface area contributed by atoms with Crippen molar-refractivity contribution in [3.8, 4) is 18.1 Å². The van der Waals surface area contributed by atoms with Gasteiger partial charge in [-0.05, 0) is 0 Å². The second-order valence-electron chi connectivity index (χ2n) is 2.78. The van der Waals surface area contributed by atoms with Gasteiger partial charge >= 0.3 is 6.18 Å². The first-order valence-corrected chi connectivity index (χ1v) is 3.95. The lowest BCUT2D eigenvalue weighted by atomic mass is 10.4. The highest BCUT2D eigenvalue weighted by atomic mass is 19.4. The summed E-state index contributed by atoms with van der Waals surface area (Å²) in [6, 6.07) is 2.83. The van der Waals surface area contributed by atoms with Crippen LogP contribution < -0.4 is 4.74 Å². The predicted molar refractivity (Wildman–Crippen MR) is 44.2 cm³/mol. The third-order valence-corrected chi connectivity index (χ3v) is 1.63. The van der Waals surface area contributed by atoms with Crippen LogP contribution in [0, 0.1) is 22.7 Å². The smallest absolute Gasteiger partial charge is 0.422 e. The quantitative estimate of drug-likeness (QED) is 0.762. The molecule has 0 saturated heterocycles. The largest absolute Gasteiger partial charge is 0.455 e. The molecule has 1 aromatic rings. The van der Waals surface area contributed by atoms with E-state index in [1.807, 2.05) is 0 Å². The molecule has 0 saturated carbocycles. The van der Waals surface area contributed by atoms with Crippen molar-refractivity contribution in [2.75, 3.05) is 6.61 Å². The molecule has 16 heavy (non-hydrogen) atoms. The monoisotopic (exact) mass is 230 g/mol. The maximum Gasteiger partial charge on any atom is 0.422 e. The molecule has 8 heteroatoms. The minimum atomic E-state index is -4.49. The van der Waals surface area contributed by atoms with E-state index in [1.54, 1.807) is 12.1 Å². The molecule has 0 radical (unpaired) electrons. The van der Waals surface area contributed by atoms with Crippen molar-refractivity contribution in [1.82, 2.24) is 9.55 Å². The summed E-state index contributed by atoms with van der Waals surface area (Å²) in [6.45, 7) is -1.52. The number of nitrogens with zero attached hydrogens (tertiary/aromatic N) is 4. The zero-order valence-corrected chi connectivity index (χ0v) is 8.04. The van der Waals surface area contributed by atoms with Crippen LogP contribution in [-0.4, -0.2) is 22.3 Å². The molecular weight excluding hydrogens is 225 g/mol. The summed E-state index contributed by atoms with van der Waals surface area (Å²) in [4.78, 5) is 3.46. The number of aromatic nitrogens is 2. The number of ether oxygens (including phenoxy) is 1. The summed E-state index contributed by atoms with van der Waals surface area (Å²) >= 11 is 0. The van der Waals surface area contributed by atoms with Gasteiger partial charge in [0.2, 0.25) is 0 Å². The van der Waals surface area contributed by atoms with Crippen LogP contribution in [0.1, 0.15) is 11.4 Å². The fourth-order valence-corrected chi connectivity index (χ4v) is 0.959. The highest BCUT2D eigenvalue weighted by Crippen LogP contribution is 2.19. The molecule has 1 aromatic heterocycles. The van der Waals surface area contributed by atoms with Gasteiger partial charge < -0.3 is 4.74 Å². The summed E-state index contributed by atoms with van der Waals surface area (Å²) < 4.78 is 40.9. The van der Waals surface area contributed by atoms with Gasteiger partial charge in [-0.2, -0.15) is 28.7 Å². The van der Waals surface area contributed by atoms with E-state index in [9.17, 15) is 13.2 Å². The minimum absolute atomic E-state index is 0.139. The molecule has 0 aliphatic rings. The van der Waals surface area contributed by atoms with Crippen molar-refractivity contribution in [1.29, 1.82) is 10.5 Å². The third-order valence-electron chi connectivity index (χ3n) is 1.63. The molecule has 84 valence electrons. The van der Waals surface area contributed by atoms with Gasteiger partial charge in [-0.3, -0.25) is 4.57 Å². The van der Waals surface area contributed by atoms with Crippen LogP contribution in [0.5, 0.6) is 6.01 Å². The number of hydrogen-bond donors (Lipinski definition) is 0. The topological polar surface area (TPSA) is 74.6 Å². The van der Waals surface area contributed by atoms with E-state index in [1.165, 1.54) is 7.05 Å². The first-order chi connectivity index (χ1) is 7.39. The average Bonchev–Trinajstić information content (AvgIpc) is 2.50. The average molecular weight is 230 g/mol. The van der Waals surface area contributed by atoms with Crippen molar-refractivity contribution in [3.63, 3.8) is 0 Å². The Labute approximate surface area is 88.3 Å². The lowest BCUT2D eigenvalue weighted by Gasteiger charge is -2.07. The molecular formula is C8H5F3N4O. The van der Waals surface area contributed by atoms with Gasteiger partial charge in [0.1, 0.15) is 12.1 Å². The minimum Gasteiger partial charge on any atom is -0.455 e. The molecule has 5 nitrogen and oxygen atoms in total. The van der Waals surface area contributed by atoms with Gasteiger partial charge in [0, 0.05) is 7.05 Å². The Hall–Kier alpha value is -2.22. The van der Waals surface area contributed by atoms with Gasteiger partial charge in [-0.25, -0.2) is 0 Å². The molecule has 0 aliphatic carbocycles. The van der Waals surface area contributed by atoms with Crippen LogP contribution in [0.4, 0.5) is 13.2 Å². The summed E-state index contributed by atoms with van der Waals surface area (Å²) in [6.07, 6.45) is -4.49. The first-order valence-electron chi connectivity index (χ1n) is 3.95. The Balaban J connectivity index is 2.96. The second-order valence-corrected chi connectivity index (χ2v) is 2.78. The van der Waals surface area contributed by atoms with Crippen LogP contribution in [0.3, 0.4) is 0 Å². The van der Waals surface area contributed by atoms with Crippen LogP contribution in [-0.2, 0) is 7.05 Å². The van der Waals surface area contributed by atoms with Crippen LogP contribution in [0.15, 0.2) is 0 Å². The Morgan fingerprint density at radius 3 is 2.38 bits per heavy atom. The number of halogens is 3. The fourth-order valence-electron chi connectivity index (χ4n) is 0.959. The molecule has 1 rings (SSSR count). The van der Waals surface area contributed by atoms with Crippen LogP contribution in [0.25, 0.3) is 0 Å². The zero-order chi connectivity index (χ0) is 12.3. The lowest BCUT2D eigenvalue weighted by molar-refractivity contribution is -0.155. The van der Waals surface area contributed by atoms with Crippen LogP contribution in [0.2, 0.25) is 0 Å². The van der Waals surface area contributed by atoms with Gasteiger partial charge in [0.15, 0.2) is 18.0 Å². The van der Waals surface area contributed by atoms with E-state index in [0.717, 1.165) is 4.57 Å². The van der Waals surface area contributed by atoms with E-state index in [0.29, 0.717) is 0 Å². The lowest BCUT2D eigenvalue weighted by Crippen LogP contribution is -2.20. The molecule has 0 N–H and O–H groups in total. The summed E-state index contributed by atoms with van der Waals surface area (Å²) in [5.41, 5.74) is -0.401. The molecule has 0 unspecified atom stereocenters.